The number of hydrogen-bond acceptors (Lipinski definition) is 6. The molecular weight excluding hydrogens is 410 g/mol. The number of rotatable bonds is 7. The van der Waals surface area contributed by atoms with Gasteiger partial charge < -0.3 is 19.3 Å². The number of aryl methyl sites for hydroxylation is 2. The number of fused-ring (bicyclic) bond motifs is 1. The SMILES string of the molecule is Cc1cc2nc(COc3ccc(NC(=O)COc4cccc(C)c4C)cc3)cc(=O)n2o1. The summed E-state index contributed by atoms with van der Waals surface area (Å²) in [7, 11) is 0. The van der Waals surface area contributed by atoms with Crippen LogP contribution < -0.4 is 20.3 Å². The fraction of sp³-hybridized carbons (Fsp3) is 0.208. The molecule has 0 saturated heterocycles. The molecule has 0 bridgehead atoms. The first-order valence-electron chi connectivity index (χ1n) is 10.1. The number of nitrogens with zero attached hydrogens (tertiary/aromatic N) is 2. The molecule has 164 valence electrons. The van der Waals surface area contributed by atoms with E-state index in [0.717, 1.165) is 15.7 Å². The average molecular weight is 433 g/mol. The van der Waals surface area contributed by atoms with Crippen molar-refractivity contribution in [2.45, 2.75) is 27.4 Å². The second-order valence-corrected chi connectivity index (χ2v) is 7.43. The fourth-order valence-electron chi connectivity index (χ4n) is 3.16. The molecule has 0 spiro atoms. The molecule has 8 nitrogen and oxygen atoms in total. The topological polar surface area (TPSA) is 95.1 Å². The van der Waals surface area contributed by atoms with Gasteiger partial charge in [0.15, 0.2) is 12.3 Å². The Labute approximate surface area is 184 Å². The Morgan fingerprint density at radius 2 is 1.84 bits per heavy atom. The van der Waals surface area contributed by atoms with E-state index in [9.17, 15) is 9.59 Å². The van der Waals surface area contributed by atoms with Crippen LogP contribution in [0.3, 0.4) is 0 Å². The summed E-state index contributed by atoms with van der Waals surface area (Å²) < 4.78 is 17.8. The van der Waals surface area contributed by atoms with E-state index in [2.05, 4.69) is 10.3 Å². The highest BCUT2D eigenvalue weighted by atomic mass is 16.5. The van der Waals surface area contributed by atoms with Crippen LogP contribution in [0.4, 0.5) is 5.69 Å². The van der Waals surface area contributed by atoms with E-state index < -0.39 is 0 Å². The van der Waals surface area contributed by atoms with Crippen molar-refractivity contribution in [3.63, 3.8) is 0 Å². The van der Waals surface area contributed by atoms with Gasteiger partial charge >= 0.3 is 0 Å². The molecule has 0 aliphatic heterocycles. The smallest absolute Gasteiger partial charge is 0.287 e. The molecule has 1 N–H and O–H groups in total. The van der Waals surface area contributed by atoms with Gasteiger partial charge in [-0.1, -0.05) is 12.1 Å². The van der Waals surface area contributed by atoms with E-state index in [4.69, 9.17) is 14.0 Å². The Kier molecular flexibility index (Phi) is 5.93. The van der Waals surface area contributed by atoms with Crippen molar-refractivity contribution in [2.75, 3.05) is 11.9 Å². The van der Waals surface area contributed by atoms with Crippen LogP contribution >= 0.6 is 0 Å². The Morgan fingerprint density at radius 1 is 1.06 bits per heavy atom. The Balaban J connectivity index is 1.31. The van der Waals surface area contributed by atoms with E-state index in [1.165, 1.54) is 6.07 Å². The molecule has 2 aromatic carbocycles. The first-order chi connectivity index (χ1) is 15.4. The third kappa shape index (κ3) is 4.80. The zero-order chi connectivity index (χ0) is 22.7. The number of carbonyl (C=O) groups is 1. The lowest BCUT2D eigenvalue weighted by molar-refractivity contribution is -0.118. The molecule has 2 heterocycles. The molecule has 2 aromatic heterocycles. The molecule has 0 radical (unpaired) electrons. The van der Waals surface area contributed by atoms with Crippen molar-refractivity contribution in [1.29, 1.82) is 0 Å². The highest BCUT2D eigenvalue weighted by Crippen LogP contribution is 2.21. The summed E-state index contributed by atoms with van der Waals surface area (Å²) in [6.45, 7) is 5.75. The number of benzene rings is 2. The van der Waals surface area contributed by atoms with Crippen LogP contribution in [0, 0.1) is 20.8 Å². The van der Waals surface area contributed by atoms with Crippen LogP contribution in [0.5, 0.6) is 11.5 Å². The summed E-state index contributed by atoms with van der Waals surface area (Å²) in [5, 5.41) is 2.79. The number of aromatic nitrogens is 2. The van der Waals surface area contributed by atoms with Gasteiger partial charge in [-0.15, -0.1) is 4.57 Å². The lowest BCUT2D eigenvalue weighted by Crippen LogP contribution is -2.20. The second kappa shape index (κ2) is 8.97. The summed E-state index contributed by atoms with van der Waals surface area (Å²) in [5.41, 5.74) is 3.38. The Hall–Kier alpha value is -4.07. The zero-order valence-corrected chi connectivity index (χ0v) is 18.0. The summed E-state index contributed by atoms with van der Waals surface area (Å²) in [6.07, 6.45) is 0. The molecule has 0 aliphatic rings. The average Bonchev–Trinajstić information content (AvgIpc) is 3.15. The molecule has 4 rings (SSSR count). The van der Waals surface area contributed by atoms with E-state index in [0.29, 0.717) is 34.3 Å². The van der Waals surface area contributed by atoms with Gasteiger partial charge in [0.25, 0.3) is 11.5 Å². The third-order valence-corrected chi connectivity index (χ3v) is 4.96. The van der Waals surface area contributed by atoms with Gasteiger partial charge in [-0.25, -0.2) is 4.98 Å². The Bertz CT molecular complexity index is 1320. The maximum absolute atomic E-state index is 12.2. The standard InChI is InChI=1S/C24H23N3O5/c1-15-5-4-6-21(17(15)3)31-14-23(28)26-18-7-9-20(10-8-18)30-13-19-12-24(29)27-22(25-19)11-16(2)32-27/h4-12H,13-14H2,1-3H3,(H,26,28). The quantitative estimate of drug-likeness (QED) is 0.476. The van der Waals surface area contributed by atoms with Crippen molar-refractivity contribution in [1.82, 2.24) is 9.56 Å². The van der Waals surface area contributed by atoms with Gasteiger partial charge in [0.2, 0.25) is 0 Å². The second-order valence-electron chi connectivity index (χ2n) is 7.43. The van der Waals surface area contributed by atoms with Gasteiger partial charge in [0.1, 0.15) is 23.9 Å². The number of amides is 1. The number of ether oxygens (including phenoxy) is 2. The molecule has 0 fully saturated rings. The molecule has 1 amide bonds. The third-order valence-electron chi connectivity index (χ3n) is 4.96. The lowest BCUT2D eigenvalue weighted by Gasteiger charge is -2.11. The van der Waals surface area contributed by atoms with Crippen molar-refractivity contribution in [3.8, 4) is 11.5 Å². The summed E-state index contributed by atoms with van der Waals surface area (Å²) in [4.78, 5) is 28.6. The van der Waals surface area contributed by atoms with Gasteiger partial charge in [-0.2, -0.15) is 0 Å². The van der Waals surface area contributed by atoms with Crippen LogP contribution in [0.25, 0.3) is 5.65 Å². The molecule has 0 unspecified atom stereocenters. The van der Waals surface area contributed by atoms with E-state index in [-0.39, 0.29) is 24.7 Å². The van der Waals surface area contributed by atoms with Crippen molar-refractivity contribution in [2.24, 2.45) is 0 Å². The van der Waals surface area contributed by atoms with Crippen LogP contribution in [-0.2, 0) is 11.4 Å². The molecule has 8 heteroatoms. The van der Waals surface area contributed by atoms with E-state index >= 15 is 0 Å². The van der Waals surface area contributed by atoms with Crippen LogP contribution in [-0.4, -0.2) is 22.1 Å². The largest absolute Gasteiger partial charge is 0.487 e. The van der Waals surface area contributed by atoms with Crippen LogP contribution in [0.15, 0.2) is 63.9 Å². The first-order valence-corrected chi connectivity index (χ1v) is 10.1. The minimum atomic E-state index is -0.303. The Morgan fingerprint density at radius 3 is 2.62 bits per heavy atom. The van der Waals surface area contributed by atoms with Crippen molar-refractivity contribution >= 4 is 17.2 Å². The van der Waals surface area contributed by atoms with E-state index in [1.54, 1.807) is 37.3 Å². The minimum Gasteiger partial charge on any atom is -0.487 e. The number of anilines is 1. The number of carbonyl (C=O) groups excluding carboxylic acids is 1. The zero-order valence-electron chi connectivity index (χ0n) is 18.0. The highest BCUT2D eigenvalue weighted by Gasteiger charge is 2.09. The molecule has 0 saturated carbocycles. The lowest BCUT2D eigenvalue weighted by atomic mass is 10.1. The molecular formula is C24H23N3O5. The van der Waals surface area contributed by atoms with Crippen LogP contribution in [0.2, 0.25) is 0 Å². The van der Waals surface area contributed by atoms with Gasteiger partial charge in [-0.3, -0.25) is 9.59 Å². The fourth-order valence-corrected chi connectivity index (χ4v) is 3.16. The summed E-state index contributed by atoms with van der Waals surface area (Å²) in [5.74, 6) is 1.62. The first kappa shape index (κ1) is 21.2. The predicted octanol–water partition coefficient (Wildman–Crippen LogP) is 3.81. The van der Waals surface area contributed by atoms with Gasteiger partial charge in [0.05, 0.1) is 5.69 Å². The number of hydrogen-bond donors (Lipinski definition) is 1. The van der Waals surface area contributed by atoms with Crippen LogP contribution in [0.1, 0.15) is 22.6 Å². The normalized spacial score (nSPS) is 10.8. The van der Waals surface area contributed by atoms with Crippen molar-refractivity contribution < 1.29 is 18.8 Å². The monoisotopic (exact) mass is 433 g/mol. The van der Waals surface area contributed by atoms with Gasteiger partial charge in [-0.05, 0) is 62.2 Å². The predicted molar refractivity (Wildman–Crippen MR) is 119 cm³/mol. The summed E-state index contributed by atoms with van der Waals surface area (Å²) in [6, 6.07) is 15.7. The molecule has 32 heavy (non-hydrogen) atoms. The maximum Gasteiger partial charge on any atom is 0.287 e. The highest BCUT2D eigenvalue weighted by molar-refractivity contribution is 5.91. The van der Waals surface area contributed by atoms with Crippen molar-refractivity contribution in [3.05, 3.63) is 87.5 Å². The summed E-state index contributed by atoms with van der Waals surface area (Å²) >= 11 is 0. The van der Waals surface area contributed by atoms with E-state index in [1.807, 2.05) is 32.0 Å². The molecule has 0 atom stereocenters. The molecule has 0 aliphatic carbocycles. The molecule has 4 aromatic rings. The number of nitrogens with one attached hydrogen (secondary N) is 1. The van der Waals surface area contributed by atoms with Gasteiger partial charge in [0, 0.05) is 17.8 Å². The minimum absolute atomic E-state index is 0.0836. The maximum atomic E-state index is 12.2.